The van der Waals surface area contributed by atoms with Crippen molar-refractivity contribution in [1.29, 1.82) is 0 Å². The molecule has 150 valence electrons. The summed E-state index contributed by atoms with van der Waals surface area (Å²) in [6.07, 6.45) is 1.42. The number of carbonyl (C=O) groups is 3. The quantitative estimate of drug-likeness (QED) is 0.327. The van der Waals surface area contributed by atoms with E-state index in [1.54, 1.807) is 13.8 Å². The number of benzene rings is 1. The number of nitro groups is 1. The van der Waals surface area contributed by atoms with E-state index in [1.165, 1.54) is 18.2 Å². The van der Waals surface area contributed by atoms with Gasteiger partial charge in [0, 0.05) is 18.7 Å². The predicted molar refractivity (Wildman–Crippen MR) is 99.7 cm³/mol. The van der Waals surface area contributed by atoms with Crippen LogP contribution in [-0.2, 0) is 19.1 Å². The molecule has 2 aliphatic heterocycles. The smallest absolute Gasteiger partial charge is 0.310 e. The van der Waals surface area contributed by atoms with Gasteiger partial charge in [0.25, 0.3) is 11.6 Å². The van der Waals surface area contributed by atoms with Gasteiger partial charge < -0.3 is 4.74 Å². The second-order valence-electron chi connectivity index (χ2n) is 7.10. The molecular weight excluding hydrogens is 366 g/mol. The Morgan fingerprint density at radius 2 is 2.11 bits per heavy atom. The van der Waals surface area contributed by atoms with Crippen molar-refractivity contribution in [2.24, 2.45) is 5.92 Å². The van der Waals surface area contributed by atoms with Gasteiger partial charge in [-0.15, -0.1) is 0 Å². The highest BCUT2D eigenvalue weighted by Gasteiger charge is 2.45. The number of carbonyl (C=O) groups excluding carboxylic acids is 3. The van der Waals surface area contributed by atoms with Crippen molar-refractivity contribution in [2.45, 2.75) is 39.2 Å². The minimum atomic E-state index is -0.664. The number of imide groups is 1. The Labute approximate surface area is 162 Å². The third-order valence-electron chi connectivity index (χ3n) is 5.28. The molecule has 0 saturated carbocycles. The zero-order valence-electron chi connectivity index (χ0n) is 15.9. The van der Waals surface area contributed by atoms with E-state index in [2.05, 4.69) is 0 Å². The number of likely N-dealkylation sites (tertiary alicyclic amines) is 1. The first-order valence-corrected chi connectivity index (χ1v) is 9.36. The average Bonchev–Trinajstić information content (AvgIpc) is 2.96. The van der Waals surface area contributed by atoms with Gasteiger partial charge in [-0.05, 0) is 38.8 Å². The van der Waals surface area contributed by atoms with Crippen molar-refractivity contribution in [2.75, 3.05) is 24.6 Å². The van der Waals surface area contributed by atoms with E-state index < -0.39 is 22.8 Å². The van der Waals surface area contributed by atoms with Gasteiger partial charge in [0.1, 0.15) is 0 Å². The Balaban J connectivity index is 1.81. The van der Waals surface area contributed by atoms with Gasteiger partial charge in [-0.2, -0.15) is 0 Å². The highest BCUT2D eigenvalue weighted by atomic mass is 16.6. The normalized spacial score (nSPS) is 23.1. The lowest BCUT2D eigenvalue weighted by Crippen LogP contribution is -2.48. The molecular formula is C19H23N3O6. The van der Waals surface area contributed by atoms with Crippen LogP contribution in [0, 0.1) is 23.0 Å². The van der Waals surface area contributed by atoms with E-state index in [0.717, 1.165) is 11.3 Å². The minimum Gasteiger partial charge on any atom is -0.466 e. The lowest BCUT2D eigenvalue weighted by molar-refractivity contribution is -0.384. The van der Waals surface area contributed by atoms with Crippen molar-refractivity contribution in [1.82, 2.24) is 4.90 Å². The molecule has 0 N–H and O–H groups in total. The van der Waals surface area contributed by atoms with Crippen molar-refractivity contribution in [3.8, 4) is 0 Å². The van der Waals surface area contributed by atoms with Gasteiger partial charge in [0.2, 0.25) is 5.91 Å². The van der Waals surface area contributed by atoms with E-state index in [0.29, 0.717) is 31.7 Å². The number of ether oxygens (including phenoxy) is 1. The summed E-state index contributed by atoms with van der Waals surface area (Å²) in [6, 6.07) is 3.46. The zero-order valence-corrected chi connectivity index (χ0v) is 15.9. The third kappa shape index (κ3) is 3.75. The molecule has 0 bridgehead atoms. The fourth-order valence-electron chi connectivity index (χ4n) is 3.85. The number of amides is 2. The second kappa shape index (κ2) is 8.05. The summed E-state index contributed by atoms with van der Waals surface area (Å²) in [5, 5.41) is 11.1. The molecule has 0 radical (unpaired) electrons. The number of nitro benzene ring substituents is 1. The lowest BCUT2D eigenvalue weighted by atomic mass is 9.96. The van der Waals surface area contributed by atoms with Crippen molar-refractivity contribution in [3.05, 3.63) is 33.9 Å². The van der Waals surface area contributed by atoms with E-state index >= 15 is 0 Å². The lowest BCUT2D eigenvalue weighted by Gasteiger charge is -2.34. The molecule has 0 aliphatic carbocycles. The minimum absolute atomic E-state index is 0.00346. The maximum atomic E-state index is 13.0. The largest absolute Gasteiger partial charge is 0.466 e. The van der Waals surface area contributed by atoms with Crippen LogP contribution in [0.4, 0.5) is 11.4 Å². The number of esters is 1. The summed E-state index contributed by atoms with van der Waals surface area (Å²) in [5.74, 6) is -1.39. The maximum Gasteiger partial charge on any atom is 0.310 e. The summed E-state index contributed by atoms with van der Waals surface area (Å²) >= 11 is 0. The molecule has 3 rings (SSSR count). The van der Waals surface area contributed by atoms with Crippen molar-refractivity contribution in [3.63, 3.8) is 0 Å². The fourth-order valence-corrected chi connectivity index (χ4v) is 3.85. The van der Waals surface area contributed by atoms with Crippen LogP contribution in [0.2, 0.25) is 0 Å². The number of aryl methyl sites for hydroxylation is 1. The van der Waals surface area contributed by atoms with Crippen LogP contribution in [0.15, 0.2) is 18.2 Å². The van der Waals surface area contributed by atoms with Crippen LogP contribution in [0.5, 0.6) is 0 Å². The Hall–Kier alpha value is -2.81. The summed E-state index contributed by atoms with van der Waals surface area (Å²) in [5.41, 5.74) is 0.673. The first-order chi connectivity index (χ1) is 13.3. The average molecular weight is 389 g/mol. The first-order valence-electron chi connectivity index (χ1n) is 9.36. The number of piperidine rings is 1. The molecule has 28 heavy (non-hydrogen) atoms. The van der Waals surface area contributed by atoms with Gasteiger partial charge in [0.15, 0.2) is 0 Å². The molecule has 2 fully saturated rings. The van der Waals surface area contributed by atoms with Crippen LogP contribution in [0.1, 0.15) is 31.7 Å². The standard InChI is InChI=1S/C19H23N3O6/c1-3-28-19(25)13-5-4-8-20(11-13)16-10-17(23)21(18(16)24)15-9-14(22(26)27)7-6-12(15)2/h6-7,9,13,16H,3-5,8,10-11H2,1-2H3/t13-,16+/m1/s1. The van der Waals surface area contributed by atoms with Crippen LogP contribution < -0.4 is 4.90 Å². The zero-order chi connectivity index (χ0) is 20.4. The number of nitrogens with zero attached hydrogens (tertiary/aromatic N) is 3. The number of hydrogen-bond donors (Lipinski definition) is 0. The summed E-state index contributed by atoms with van der Waals surface area (Å²) in [6.45, 7) is 4.73. The van der Waals surface area contributed by atoms with Crippen LogP contribution >= 0.6 is 0 Å². The topological polar surface area (TPSA) is 110 Å². The molecule has 9 nitrogen and oxygen atoms in total. The van der Waals surface area contributed by atoms with E-state index in [-0.39, 0.29) is 29.7 Å². The Bertz CT molecular complexity index is 824. The third-order valence-corrected chi connectivity index (χ3v) is 5.28. The SMILES string of the molecule is CCOC(=O)[C@@H]1CCCN([C@H]2CC(=O)N(c3cc([N+](=O)[O-])ccc3C)C2=O)C1. The van der Waals surface area contributed by atoms with Crippen molar-refractivity contribution < 1.29 is 24.0 Å². The molecule has 9 heteroatoms. The molecule has 2 heterocycles. The van der Waals surface area contributed by atoms with E-state index in [4.69, 9.17) is 4.74 Å². The highest BCUT2D eigenvalue weighted by molar-refractivity contribution is 6.22. The number of rotatable bonds is 5. The van der Waals surface area contributed by atoms with Gasteiger partial charge in [-0.1, -0.05) is 6.07 Å². The molecule has 0 unspecified atom stereocenters. The van der Waals surface area contributed by atoms with E-state index in [1.807, 2.05) is 4.90 Å². The van der Waals surface area contributed by atoms with Gasteiger partial charge in [0.05, 0.1) is 35.6 Å². The Kier molecular flexibility index (Phi) is 5.73. The number of hydrogen-bond acceptors (Lipinski definition) is 7. The molecule has 0 aromatic heterocycles. The Morgan fingerprint density at radius 1 is 1.36 bits per heavy atom. The van der Waals surface area contributed by atoms with Gasteiger partial charge in [-0.3, -0.25) is 29.4 Å². The van der Waals surface area contributed by atoms with Crippen LogP contribution in [0.25, 0.3) is 0 Å². The highest BCUT2D eigenvalue weighted by Crippen LogP contribution is 2.32. The number of anilines is 1. The predicted octanol–water partition coefficient (Wildman–Crippen LogP) is 1.81. The molecule has 2 aliphatic rings. The number of non-ortho nitro benzene ring substituents is 1. The molecule has 1 aromatic rings. The van der Waals surface area contributed by atoms with Crippen LogP contribution in [-0.4, -0.2) is 53.3 Å². The Morgan fingerprint density at radius 3 is 2.79 bits per heavy atom. The molecule has 2 amide bonds. The molecule has 1 aromatic carbocycles. The molecule has 2 atom stereocenters. The van der Waals surface area contributed by atoms with Crippen LogP contribution in [0.3, 0.4) is 0 Å². The molecule has 2 saturated heterocycles. The maximum absolute atomic E-state index is 13.0. The van der Waals surface area contributed by atoms with Gasteiger partial charge >= 0.3 is 5.97 Å². The van der Waals surface area contributed by atoms with Crippen molar-refractivity contribution >= 4 is 29.2 Å². The second-order valence-corrected chi connectivity index (χ2v) is 7.10. The summed E-state index contributed by atoms with van der Waals surface area (Å²) < 4.78 is 5.09. The fraction of sp³-hybridized carbons (Fsp3) is 0.526. The summed E-state index contributed by atoms with van der Waals surface area (Å²) in [7, 11) is 0. The first kappa shape index (κ1) is 19.9. The monoisotopic (exact) mass is 389 g/mol. The van der Waals surface area contributed by atoms with Gasteiger partial charge in [-0.25, -0.2) is 4.90 Å². The molecule has 0 spiro atoms. The summed E-state index contributed by atoms with van der Waals surface area (Å²) in [4.78, 5) is 51.1. The van der Waals surface area contributed by atoms with E-state index in [9.17, 15) is 24.5 Å².